The van der Waals surface area contributed by atoms with E-state index in [-0.39, 0.29) is 13.1 Å². The number of benzene rings is 1. The lowest BCUT2D eigenvalue weighted by atomic mass is 9.98. The normalized spacial score (nSPS) is 17.0. The number of rotatable bonds is 4. The number of anilines is 1. The number of hydrazine groups is 1. The van der Waals surface area contributed by atoms with Crippen LogP contribution in [0.15, 0.2) is 12.1 Å². The van der Waals surface area contributed by atoms with Crippen molar-refractivity contribution in [2.75, 3.05) is 24.8 Å². The monoisotopic (exact) mass is 351 g/mol. The smallest absolute Gasteiger partial charge is 0.241 e. The van der Waals surface area contributed by atoms with Crippen molar-refractivity contribution in [3.05, 3.63) is 29.6 Å². The Bertz CT molecular complexity index is 704. The second-order valence-corrected chi connectivity index (χ2v) is 7.26. The quantitative estimate of drug-likeness (QED) is 0.632. The lowest BCUT2D eigenvalue weighted by Gasteiger charge is -2.29. The van der Waals surface area contributed by atoms with Gasteiger partial charge >= 0.3 is 0 Å². The number of halogens is 3. The van der Waals surface area contributed by atoms with E-state index in [0.29, 0.717) is 12.8 Å². The van der Waals surface area contributed by atoms with E-state index in [1.54, 1.807) is 0 Å². The summed E-state index contributed by atoms with van der Waals surface area (Å²) in [7, 11) is -3.29. The van der Waals surface area contributed by atoms with Crippen LogP contribution in [0.2, 0.25) is 0 Å². The molecule has 0 atom stereocenters. The largest absolute Gasteiger partial charge is 0.296 e. The minimum absolute atomic E-state index is 0.219. The summed E-state index contributed by atoms with van der Waals surface area (Å²) >= 11 is 0. The molecule has 0 bridgehead atoms. The van der Waals surface area contributed by atoms with Crippen LogP contribution in [0.4, 0.5) is 18.9 Å². The number of hydrogen-bond acceptors (Lipinski definition) is 4. The van der Waals surface area contributed by atoms with Gasteiger partial charge in [0, 0.05) is 19.0 Å². The SMILES string of the molecule is CS(=O)(=O)N1CCC(C(=O)NNc2ccc(F)c(F)c2F)CC1. The first kappa shape index (κ1) is 17.5. The van der Waals surface area contributed by atoms with Crippen molar-refractivity contribution >= 4 is 21.6 Å². The molecular weight excluding hydrogens is 335 g/mol. The fourth-order valence-corrected chi connectivity index (χ4v) is 3.18. The van der Waals surface area contributed by atoms with Crippen molar-refractivity contribution < 1.29 is 26.4 Å². The average molecular weight is 351 g/mol. The predicted molar refractivity (Wildman–Crippen MR) is 77.2 cm³/mol. The molecule has 1 saturated heterocycles. The van der Waals surface area contributed by atoms with Crippen LogP contribution >= 0.6 is 0 Å². The molecule has 1 aromatic rings. The second kappa shape index (κ2) is 6.75. The number of piperidine rings is 1. The minimum atomic E-state index is -3.29. The summed E-state index contributed by atoms with van der Waals surface area (Å²) in [4.78, 5) is 12.0. The minimum Gasteiger partial charge on any atom is -0.296 e. The summed E-state index contributed by atoms with van der Waals surface area (Å²) in [5.41, 5.74) is 4.03. The highest BCUT2D eigenvalue weighted by Gasteiger charge is 2.29. The van der Waals surface area contributed by atoms with Crippen LogP contribution < -0.4 is 10.9 Å². The second-order valence-electron chi connectivity index (χ2n) is 5.27. The molecule has 1 aliphatic heterocycles. The van der Waals surface area contributed by atoms with E-state index in [1.807, 2.05) is 0 Å². The topological polar surface area (TPSA) is 78.5 Å². The van der Waals surface area contributed by atoms with Crippen molar-refractivity contribution in [3.63, 3.8) is 0 Å². The third-order valence-corrected chi connectivity index (χ3v) is 4.95. The van der Waals surface area contributed by atoms with Gasteiger partial charge in [-0.05, 0) is 25.0 Å². The van der Waals surface area contributed by atoms with Crippen molar-refractivity contribution in [2.45, 2.75) is 12.8 Å². The average Bonchev–Trinajstić information content (AvgIpc) is 2.51. The third kappa shape index (κ3) is 4.14. The molecule has 6 nitrogen and oxygen atoms in total. The highest BCUT2D eigenvalue weighted by molar-refractivity contribution is 7.88. The molecule has 0 aliphatic carbocycles. The zero-order valence-corrected chi connectivity index (χ0v) is 13.1. The van der Waals surface area contributed by atoms with Gasteiger partial charge in [0.2, 0.25) is 15.9 Å². The van der Waals surface area contributed by atoms with E-state index >= 15 is 0 Å². The molecule has 128 valence electrons. The van der Waals surface area contributed by atoms with E-state index in [9.17, 15) is 26.4 Å². The highest BCUT2D eigenvalue weighted by atomic mass is 32.2. The number of carbonyl (C=O) groups excluding carboxylic acids is 1. The van der Waals surface area contributed by atoms with Crippen LogP contribution in [0.25, 0.3) is 0 Å². The summed E-state index contributed by atoms with van der Waals surface area (Å²) in [6.07, 6.45) is 1.74. The molecule has 10 heteroatoms. The van der Waals surface area contributed by atoms with Crippen LogP contribution in [-0.2, 0) is 14.8 Å². The fourth-order valence-electron chi connectivity index (χ4n) is 2.30. The van der Waals surface area contributed by atoms with Crippen molar-refractivity contribution in [2.24, 2.45) is 5.92 Å². The number of carbonyl (C=O) groups is 1. The maximum Gasteiger partial charge on any atom is 0.241 e. The lowest BCUT2D eigenvalue weighted by Crippen LogP contribution is -2.43. The van der Waals surface area contributed by atoms with Crippen LogP contribution in [-0.4, -0.2) is 38.0 Å². The first-order valence-corrected chi connectivity index (χ1v) is 8.69. The third-order valence-electron chi connectivity index (χ3n) is 3.65. The molecule has 0 aromatic heterocycles. The fraction of sp³-hybridized carbons (Fsp3) is 0.462. The standard InChI is InChI=1S/C13H16F3N3O3S/c1-23(21,22)19-6-4-8(5-7-19)13(20)18-17-10-3-2-9(14)11(15)12(10)16/h2-3,8,17H,4-7H2,1H3,(H,18,20). The zero-order chi connectivity index (χ0) is 17.2. The molecule has 1 amide bonds. The molecule has 23 heavy (non-hydrogen) atoms. The zero-order valence-electron chi connectivity index (χ0n) is 12.3. The Hall–Kier alpha value is -1.81. The van der Waals surface area contributed by atoms with Gasteiger partial charge in [0.1, 0.15) is 0 Å². The van der Waals surface area contributed by atoms with Gasteiger partial charge in [0.25, 0.3) is 0 Å². The van der Waals surface area contributed by atoms with Gasteiger partial charge < -0.3 is 0 Å². The van der Waals surface area contributed by atoms with E-state index < -0.39 is 45.0 Å². The summed E-state index contributed by atoms with van der Waals surface area (Å²) < 4.78 is 63.3. The first-order valence-electron chi connectivity index (χ1n) is 6.84. The Balaban J connectivity index is 1.90. The van der Waals surface area contributed by atoms with Crippen LogP contribution in [0.5, 0.6) is 0 Å². The van der Waals surface area contributed by atoms with Crippen LogP contribution in [0, 0.1) is 23.4 Å². The molecule has 0 radical (unpaired) electrons. The molecule has 0 saturated carbocycles. The summed E-state index contributed by atoms with van der Waals surface area (Å²) in [5, 5.41) is 0. The molecular formula is C13H16F3N3O3S. The summed E-state index contributed by atoms with van der Waals surface area (Å²) in [5.74, 6) is -5.31. The molecule has 1 aliphatic rings. The molecule has 0 spiro atoms. The van der Waals surface area contributed by atoms with Crippen molar-refractivity contribution in [1.82, 2.24) is 9.73 Å². The van der Waals surface area contributed by atoms with Gasteiger partial charge in [-0.25, -0.2) is 25.9 Å². The predicted octanol–water partition coefficient (Wildman–Crippen LogP) is 1.22. The maximum absolute atomic E-state index is 13.4. The number of nitrogens with zero attached hydrogens (tertiary/aromatic N) is 1. The molecule has 2 rings (SSSR count). The van der Waals surface area contributed by atoms with Crippen molar-refractivity contribution in [3.8, 4) is 0 Å². The Morgan fingerprint density at radius 2 is 1.78 bits per heavy atom. The number of nitrogens with one attached hydrogen (secondary N) is 2. The Kier molecular flexibility index (Phi) is 5.15. The van der Waals surface area contributed by atoms with Gasteiger partial charge in [0.15, 0.2) is 17.5 Å². The molecule has 0 unspecified atom stereocenters. The molecule has 1 fully saturated rings. The first-order chi connectivity index (χ1) is 10.7. The molecule has 1 aromatic carbocycles. The van der Waals surface area contributed by atoms with E-state index in [0.717, 1.165) is 18.4 Å². The maximum atomic E-state index is 13.4. The molecule has 2 N–H and O–H groups in total. The van der Waals surface area contributed by atoms with Crippen LogP contribution in [0.1, 0.15) is 12.8 Å². The van der Waals surface area contributed by atoms with Crippen LogP contribution in [0.3, 0.4) is 0 Å². The summed E-state index contributed by atoms with van der Waals surface area (Å²) in [6.45, 7) is 0.437. The Morgan fingerprint density at radius 1 is 1.17 bits per heavy atom. The van der Waals surface area contributed by atoms with Gasteiger partial charge in [0.05, 0.1) is 11.9 Å². The Morgan fingerprint density at radius 3 is 2.35 bits per heavy atom. The van der Waals surface area contributed by atoms with E-state index in [1.165, 1.54) is 4.31 Å². The summed E-state index contributed by atoms with van der Waals surface area (Å²) in [6, 6.07) is 1.69. The number of sulfonamides is 1. The van der Waals surface area contributed by atoms with Gasteiger partial charge in [-0.3, -0.25) is 15.6 Å². The Labute approximate surface area is 131 Å². The number of amides is 1. The lowest BCUT2D eigenvalue weighted by molar-refractivity contribution is -0.125. The number of hydrogen-bond donors (Lipinski definition) is 2. The highest BCUT2D eigenvalue weighted by Crippen LogP contribution is 2.21. The van der Waals surface area contributed by atoms with E-state index in [2.05, 4.69) is 10.9 Å². The van der Waals surface area contributed by atoms with Gasteiger partial charge in [-0.2, -0.15) is 0 Å². The van der Waals surface area contributed by atoms with Crippen molar-refractivity contribution in [1.29, 1.82) is 0 Å². The van der Waals surface area contributed by atoms with Gasteiger partial charge in [-0.15, -0.1) is 0 Å². The van der Waals surface area contributed by atoms with E-state index in [4.69, 9.17) is 0 Å². The molecule has 1 heterocycles. The van der Waals surface area contributed by atoms with Gasteiger partial charge in [-0.1, -0.05) is 0 Å².